The number of H-pyrrole nitrogens is 1. The van der Waals surface area contributed by atoms with E-state index in [-0.39, 0.29) is 10.6 Å². The van der Waals surface area contributed by atoms with Crippen LogP contribution in [0.25, 0.3) is 22.5 Å². The summed E-state index contributed by atoms with van der Waals surface area (Å²) in [6.07, 6.45) is 0. The number of nitrogens with one attached hydrogen (secondary N) is 1. The number of benzene rings is 2. The normalized spacial score (nSPS) is 11.6. The van der Waals surface area contributed by atoms with Crippen molar-refractivity contribution >= 4 is 21.4 Å². The van der Waals surface area contributed by atoms with E-state index < -0.39 is 16.4 Å². The summed E-state index contributed by atoms with van der Waals surface area (Å²) < 4.78 is 23.9. The second kappa shape index (κ2) is 7.00. The highest BCUT2D eigenvalue weighted by Gasteiger charge is 2.14. The molecule has 0 aliphatic carbocycles. The van der Waals surface area contributed by atoms with Crippen molar-refractivity contribution in [3.63, 3.8) is 0 Å². The Morgan fingerprint density at radius 1 is 1.08 bits per heavy atom. The standard InChI is InChI=1S/C18H17ClN2O3S/c1-12-10-14(4-7-16(12)19)18-11-17(20-21-18)13-2-5-15(6-3-13)25(23,24)9-8-22/h2-7,10-11,22H,8-9H2,1H3,(H,20,21). The van der Waals surface area contributed by atoms with E-state index in [9.17, 15) is 8.42 Å². The Hall–Kier alpha value is -2.15. The van der Waals surface area contributed by atoms with Gasteiger partial charge in [-0.3, -0.25) is 5.10 Å². The van der Waals surface area contributed by atoms with Gasteiger partial charge in [0.05, 0.1) is 28.6 Å². The first-order valence-electron chi connectivity index (χ1n) is 7.67. The summed E-state index contributed by atoms with van der Waals surface area (Å²) in [5.74, 6) is -0.281. The third-order valence-corrected chi connectivity index (χ3v) is 6.05. The number of nitrogens with zero attached hydrogens (tertiary/aromatic N) is 1. The van der Waals surface area contributed by atoms with Crippen molar-refractivity contribution in [2.75, 3.05) is 12.4 Å². The van der Waals surface area contributed by atoms with E-state index in [2.05, 4.69) is 10.2 Å². The summed E-state index contributed by atoms with van der Waals surface area (Å²) in [5, 5.41) is 16.8. The van der Waals surface area contributed by atoms with Crippen LogP contribution in [0.4, 0.5) is 0 Å². The lowest BCUT2D eigenvalue weighted by atomic mass is 10.1. The molecule has 0 aliphatic heterocycles. The Labute approximate surface area is 151 Å². The Kier molecular flexibility index (Phi) is 4.94. The molecule has 7 heteroatoms. The van der Waals surface area contributed by atoms with E-state index in [0.717, 1.165) is 28.1 Å². The van der Waals surface area contributed by atoms with E-state index in [4.69, 9.17) is 16.7 Å². The van der Waals surface area contributed by atoms with Gasteiger partial charge in [-0.2, -0.15) is 5.10 Å². The fourth-order valence-electron chi connectivity index (χ4n) is 2.50. The lowest BCUT2D eigenvalue weighted by Gasteiger charge is -2.03. The average molecular weight is 377 g/mol. The molecule has 0 aliphatic rings. The predicted octanol–water partition coefficient (Wildman–Crippen LogP) is 3.47. The quantitative estimate of drug-likeness (QED) is 0.714. The molecule has 0 atom stereocenters. The first kappa shape index (κ1) is 17.7. The van der Waals surface area contributed by atoms with Gasteiger partial charge in [-0.1, -0.05) is 29.8 Å². The van der Waals surface area contributed by atoms with Crippen LogP contribution in [0.5, 0.6) is 0 Å². The zero-order valence-corrected chi connectivity index (χ0v) is 15.1. The molecule has 0 unspecified atom stereocenters. The topological polar surface area (TPSA) is 83.0 Å². The number of rotatable bonds is 5. The molecule has 3 rings (SSSR count). The van der Waals surface area contributed by atoms with Crippen molar-refractivity contribution in [2.45, 2.75) is 11.8 Å². The number of sulfone groups is 1. The number of aryl methyl sites for hydroxylation is 1. The number of aliphatic hydroxyl groups excluding tert-OH is 1. The van der Waals surface area contributed by atoms with Gasteiger partial charge >= 0.3 is 0 Å². The van der Waals surface area contributed by atoms with Crippen molar-refractivity contribution in [1.29, 1.82) is 0 Å². The molecular formula is C18H17ClN2O3S. The zero-order valence-electron chi connectivity index (χ0n) is 13.5. The van der Waals surface area contributed by atoms with Crippen molar-refractivity contribution in [1.82, 2.24) is 10.2 Å². The Balaban J connectivity index is 1.88. The molecular weight excluding hydrogens is 360 g/mol. The van der Waals surface area contributed by atoms with E-state index in [1.807, 2.05) is 31.2 Å². The molecule has 25 heavy (non-hydrogen) atoms. The fraction of sp³-hybridized carbons (Fsp3) is 0.167. The van der Waals surface area contributed by atoms with Crippen LogP contribution in [0.15, 0.2) is 53.4 Å². The molecule has 0 amide bonds. The molecule has 0 radical (unpaired) electrons. The van der Waals surface area contributed by atoms with Crippen LogP contribution in [-0.2, 0) is 9.84 Å². The maximum Gasteiger partial charge on any atom is 0.180 e. The van der Waals surface area contributed by atoms with Gasteiger partial charge in [0.15, 0.2) is 9.84 Å². The molecule has 130 valence electrons. The van der Waals surface area contributed by atoms with Gasteiger partial charge in [-0.05, 0) is 48.4 Å². The lowest BCUT2D eigenvalue weighted by Crippen LogP contribution is -2.09. The molecule has 2 aromatic carbocycles. The minimum absolute atomic E-state index is 0.193. The SMILES string of the molecule is Cc1cc(-c2cc(-c3ccc(S(=O)(=O)CCO)cc3)[nH]n2)ccc1Cl. The maximum absolute atomic E-state index is 11.9. The molecule has 5 nitrogen and oxygen atoms in total. The molecule has 0 spiro atoms. The predicted molar refractivity (Wildman–Crippen MR) is 98.3 cm³/mol. The van der Waals surface area contributed by atoms with E-state index in [0.29, 0.717) is 5.02 Å². The van der Waals surface area contributed by atoms with Gasteiger partial charge < -0.3 is 5.11 Å². The van der Waals surface area contributed by atoms with Gasteiger partial charge in [-0.25, -0.2) is 8.42 Å². The summed E-state index contributed by atoms with van der Waals surface area (Å²) in [6.45, 7) is 1.54. The molecule has 0 saturated carbocycles. The van der Waals surface area contributed by atoms with Gasteiger partial charge in [-0.15, -0.1) is 0 Å². The van der Waals surface area contributed by atoms with Crippen LogP contribution in [0.1, 0.15) is 5.56 Å². The maximum atomic E-state index is 11.9. The smallest absolute Gasteiger partial charge is 0.180 e. The highest BCUT2D eigenvalue weighted by atomic mass is 35.5. The zero-order chi connectivity index (χ0) is 18.0. The highest BCUT2D eigenvalue weighted by molar-refractivity contribution is 7.91. The second-order valence-corrected chi connectivity index (χ2v) is 8.21. The summed E-state index contributed by atoms with van der Waals surface area (Å²) in [6, 6.07) is 14.1. The van der Waals surface area contributed by atoms with E-state index in [1.54, 1.807) is 12.1 Å². The molecule has 2 N–H and O–H groups in total. The van der Waals surface area contributed by atoms with Gasteiger partial charge in [0.2, 0.25) is 0 Å². The number of aliphatic hydroxyl groups is 1. The number of halogens is 1. The van der Waals surface area contributed by atoms with Crippen molar-refractivity contribution in [3.05, 3.63) is 59.1 Å². The van der Waals surface area contributed by atoms with Gasteiger partial charge in [0.25, 0.3) is 0 Å². The second-order valence-electron chi connectivity index (χ2n) is 5.70. The monoisotopic (exact) mass is 376 g/mol. The molecule has 1 heterocycles. The van der Waals surface area contributed by atoms with Crippen LogP contribution < -0.4 is 0 Å². The van der Waals surface area contributed by atoms with Gasteiger partial charge in [0, 0.05) is 10.6 Å². The third kappa shape index (κ3) is 3.76. The van der Waals surface area contributed by atoms with Crippen molar-refractivity contribution in [2.24, 2.45) is 0 Å². The summed E-state index contributed by atoms with van der Waals surface area (Å²) in [7, 11) is -3.44. The molecule has 0 saturated heterocycles. The first-order chi connectivity index (χ1) is 11.9. The largest absolute Gasteiger partial charge is 0.395 e. The summed E-state index contributed by atoms with van der Waals surface area (Å²) >= 11 is 6.05. The molecule has 3 aromatic rings. The number of hydrogen-bond donors (Lipinski definition) is 2. The molecule has 1 aromatic heterocycles. The number of aromatic amines is 1. The van der Waals surface area contributed by atoms with Crippen LogP contribution >= 0.6 is 11.6 Å². The van der Waals surface area contributed by atoms with Gasteiger partial charge in [0.1, 0.15) is 0 Å². The number of hydrogen-bond acceptors (Lipinski definition) is 4. The first-order valence-corrected chi connectivity index (χ1v) is 9.70. The van der Waals surface area contributed by atoms with Crippen LogP contribution in [0.3, 0.4) is 0 Å². The minimum Gasteiger partial charge on any atom is -0.395 e. The average Bonchev–Trinajstić information content (AvgIpc) is 3.07. The Morgan fingerprint density at radius 3 is 2.40 bits per heavy atom. The number of aromatic nitrogens is 2. The van der Waals surface area contributed by atoms with E-state index >= 15 is 0 Å². The van der Waals surface area contributed by atoms with Crippen LogP contribution in [0, 0.1) is 6.92 Å². The van der Waals surface area contributed by atoms with E-state index in [1.165, 1.54) is 12.1 Å². The van der Waals surface area contributed by atoms with Crippen LogP contribution in [-0.4, -0.2) is 36.1 Å². The van der Waals surface area contributed by atoms with Crippen molar-refractivity contribution in [3.8, 4) is 22.5 Å². The van der Waals surface area contributed by atoms with Crippen molar-refractivity contribution < 1.29 is 13.5 Å². The highest BCUT2D eigenvalue weighted by Crippen LogP contribution is 2.27. The Morgan fingerprint density at radius 2 is 1.76 bits per heavy atom. The van der Waals surface area contributed by atoms with Crippen LogP contribution in [0.2, 0.25) is 5.02 Å². The third-order valence-electron chi connectivity index (χ3n) is 3.92. The Bertz CT molecular complexity index is 995. The summed E-state index contributed by atoms with van der Waals surface area (Å²) in [4.78, 5) is 0.193. The minimum atomic E-state index is -3.44. The summed E-state index contributed by atoms with van der Waals surface area (Å²) in [5.41, 5.74) is 4.32. The molecule has 0 bridgehead atoms. The fourth-order valence-corrected chi connectivity index (χ4v) is 3.65. The lowest BCUT2D eigenvalue weighted by molar-refractivity contribution is 0.319. The molecule has 0 fully saturated rings.